The van der Waals surface area contributed by atoms with Crippen LogP contribution >= 0.6 is 34.5 Å². The summed E-state index contributed by atoms with van der Waals surface area (Å²) in [6.45, 7) is 0.469. The lowest BCUT2D eigenvalue weighted by atomic mass is 10.3. The molecule has 2 aromatic rings. The van der Waals surface area contributed by atoms with E-state index in [1.165, 1.54) is 0 Å². The minimum atomic E-state index is 0.181. The van der Waals surface area contributed by atoms with Gasteiger partial charge in [0.25, 0.3) is 0 Å². The molecule has 2 N–H and O–H groups in total. The molecule has 0 radical (unpaired) electrons. The SMILES string of the molecule is COc1ncccc1CN.O=Cc1sc(Cl)nc1Cl. The highest BCUT2D eigenvalue weighted by Gasteiger charge is 2.04. The van der Waals surface area contributed by atoms with Gasteiger partial charge in [-0.2, -0.15) is 0 Å². The molecule has 2 rings (SSSR count). The summed E-state index contributed by atoms with van der Waals surface area (Å²) in [5, 5.41) is 0.181. The summed E-state index contributed by atoms with van der Waals surface area (Å²) in [4.78, 5) is 18.0. The van der Waals surface area contributed by atoms with Gasteiger partial charge in [-0.15, -0.1) is 0 Å². The van der Waals surface area contributed by atoms with Crippen molar-refractivity contribution < 1.29 is 9.53 Å². The highest BCUT2D eigenvalue weighted by molar-refractivity contribution is 7.17. The number of hydrogen-bond acceptors (Lipinski definition) is 6. The molecule has 5 nitrogen and oxygen atoms in total. The number of thiazole rings is 1. The fourth-order valence-corrected chi connectivity index (χ4v) is 2.29. The first-order valence-corrected chi connectivity index (χ1v) is 6.64. The van der Waals surface area contributed by atoms with E-state index < -0.39 is 0 Å². The molecule has 2 aromatic heterocycles. The van der Waals surface area contributed by atoms with E-state index in [4.69, 9.17) is 33.7 Å². The van der Waals surface area contributed by atoms with Crippen molar-refractivity contribution in [1.29, 1.82) is 0 Å². The lowest BCUT2D eigenvalue weighted by Gasteiger charge is -2.02. The number of ether oxygens (including phenoxy) is 1. The Hall–Kier alpha value is -1.21. The van der Waals surface area contributed by atoms with Crippen molar-refractivity contribution >= 4 is 40.8 Å². The van der Waals surface area contributed by atoms with Crippen LogP contribution in [0, 0.1) is 0 Å². The van der Waals surface area contributed by atoms with Crippen molar-refractivity contribution in [1.82, 2.24) is 9.97 Å². The average molecular weight is 320 g/mol. The van der Waals surface area contributed by atoms with E-state index in [-0.39, 0.29) is 5.15 Å². The molecule has 0 spiro atoms. The molecule has 0 amide bonds. The van der Waals surface area contributed by atoms with Crippen molar-refractivity contribution in [2.75, 3.05) is 7.11 Å². The predicted molar refractivity (Wildman–Crippen MR) is 76.2 cm³/mol. The van der Waals surface area contributed by atoms with Crippen LogP contribution in [0.3, 0.4) is 0 Å². The summed E-state index contributed by atoms with van der Waals surface area (Å²) in [5.74, 6) is 0.616. The van der Waals surface area contributed by atoms with Crippen molar-refractivity contribution in [3.63, 3.8) is 0 Å². The standard InChI is InChI=1S/C7H10N2O.C4HCl2NOS/c1-10-7-6(5-8)3-2-4-9-7;5-3-2(1-8)9-4(6)7-3/h2-4H,5,8H2,1H3;1H. The zero-order chi connectivity index (χ0) is 14.3. The molecule has 8 heteroatoms. The maximum atomic E-state index is 10.1. The van der Waals surface area contributed by atoms with Gasteiger partial charge in [-0.1, -0.05) is 40.6 Å². The number of carbonyl (C=O) groups is 1. The van der Waals surface area contributed by atoms with Gasteiger partial charge in [-0.05, 0) is 6.07 Å². The third-order valence-corrected chi connectivity index (χ3v) is 3.44. The van der Waals surface area contributed by atoms with Crippen LogP contribution in [-0.2, 0) is 6.54 Å². The van der Waals surface area contributed by atoms with Gasteiger partial charge in [0.05, 0.1) is 7.11 Å². The summed E-state index contributed by atoms with van der Waals surface area (Å²) in [5.41, 5.74) is 6.34. The van der Waals surface area contributed by atoms with Gasteiger partial charge in [0, 0.05) is 18.3 Å². The van der Waals surface area contributed by atoms with Crippen LogP contribution in [0.15, 0.2) is 18.3 Å². The van der Waals surface area contributed by atoms with Gasteiger partial charge in [0.1, 0.15) is 4.88 Å². The van der Waals surface area contributed by atoms with Gasteiger partial charge >= 0.3 is 0 Å². The van der Waals surface area contributed by atoms with Crippen LogP contribution in [0.2, 0.25) is 9.62 Å². The molecule has 0 aliphatic heterocycles. The smallest absolute Gasteiger partial charge is 0.217 e. The molecule has 0 unspecified atom stereocenters. The van der Waals surface area contributed by atoms with Gasteiger partial charge < -0.3 is 10.5 Å². The Labute approximate surface area is 124 Å². The molecule has 19 heavy (non-hydrogen) atoms. The van der Waals surface area contributed by atoms with Gasteiger partial charge in [-0.25, -0.2) is 9.97 Å². The number of nitrogens with two attached hydrogens (primary N) is 1. The molecular weight excluding hydrogens is 309 g/mol. The summed E-state index contributed by atoms with van der Waals surface area (Å²) >= 11 is 11.9. The Morgan fingerprint density at radius 1 is 1.53 bits per heavy atom. The average Bonchev–Trinajstić information content (AvgIpc) is 2.77. The molecule has 0 aliphatic carbocycles. The fraction of sp³-hybridized carbons (Fsp3) is 0.182. The Morgan fingerprint density at radius 2 is 2.26 bits per heavy atom. The van der Waals surface area contributed by atoms with Crippen molar-refractivity contribution in [2.45, 2.75) is 6.54 Å². The zero-order valence-corrected chi connectivity index (χ0v) is 12.3. The summed E-state index contributed by atoms with van der Waals surface area (Å²) in [6.07, 6.45) is 2.31. The zero-order valence-electron chi connectivity index (χ0n) is 9.97. The second kappa shape index (κ2) is 8.06. The van der Waals surface area contributed by atoms with Crippen LogP contribution < -0.4 is 10.5 Å². The maximum Gasteiger partial charge on any atom is 0.217 e. The van der Waals surface area contributed by atoms with Crippen LogP contribution in [0.25, 0.3) is 0 Å². The maximum absolute atomic E-state index is 10.1. The number of aldehydes is 1. The third kappa shape index (κ3) is 4.76. The molecule has 2 heterocycles. The number of hydrogen-bond donors (Lipinski definition) is 1. The third-order valence-electron chi connectivity index (χ3n) is 1.95. The van der Waals surface area contributed by atoms with E-state index in [1.807, 2.05) is 12.1 Å². The van der Waals surface area contributed by atoms with E-state index in [1.54, 1.807) is 13.3 Å². The lowest BCUT2D eigenvalue weighted by Crippen LogP contribution is -2.00. The van der Waals surface area contributed by atoms with Gasteiger partial charge in [0.15, 0.2) is 15.9 Å². The molecule has 0 aliphatic rings. The second-order valence-corrected chi connectivity index (χ2v) is 5.09. The first kappa shape index (κ1) is 15.8. The van der Waals surface area contributed by atoms with Crippen LogP contribution in [0.5, 0.6) is 5.88 Å². The van der Waals surface area contributed by atoms with Gasteiger partial charge in [-0.3, -0.25) is 4.79 Å². The molecule has 0 atom stereocenters. The van der Waals surface area contributed by atoms with E-state index in [9.17, 15) is 4.79 Å². The van der Waals surface area contributed by atoms with Crippen molar-refractivity contribution in [3.8, 4) is 5.88 Å². The van der Waals surface area contributed by atoms with Crippen molar-refractivity contribution in [3.05, 3.63) is 38.4 Å². The first-order chi connectivity index (χ1) is 9.12. The molecule has 102 valence electrons. The number of rotatable bonds is 3. The monoisotopic (exact) mass is 319 g/mol. The quantitative estimate of drug-likeness (QED) is 0.880. The second-order valence-electron chi connectivity index (χ2n) is 3.12. The normalized spacial score (nSPS) is 9.47. The minimum Gasteiger partial charge on any atom is -0.481 e. The fourth-order valence-electron chi connectivity index (χ4n) is 1.12. The number of halogens is 2. The Morgan fingerprint density at radius 3 is 2.63 bits per heavy atom. The Balaban J connectivity index is 0.000000191. The summed E-state index contributed by atoms with van der Waals surface area (Å²) in [6, 6.07) is 3.73. The van der Waals surface area contributed by atoms with E-state index in [2.05, 4.69) is 9.97 Å². The molecule has 0 saturated carbocycles. The summed E-state index contributed by atoms with van der Waals surface area (Å²) in [7, 11) is 1.58. The van der Waals surface area contributed by atoms with E-state index in [0.717, 1.165) is 16.9 Å². The molecule has 0 fully saturated rings. The molecular formula is C11H11Cl2N3O2S. The lowest BCUT2D eigenvalue weighted by molar-refractivity contribution is 0.112. The van der Waals surface area contributed by atoms with E-state index >= 15 is 0 Å². The van der Waals surface area contributed by atoms with Gasteiger partial charge in [0.2, 0.25) is 5.88 Å². The Kier molecular flexibility index (Phi) is 6.72. The largest absolute Gasteiger partial charge is 0.481 e. The van der Waals surface area contributed by atoms with E-state index in [0.29, 0.717) is 28.1 Å². The van der Waals surface area contributed by atoms with Crippen molar-refractivity contribution in [2.24, 2.45) is 5.73 Å². The van der Waals surface area contributed by atoms with Crippen LogP contribution in [-0.4, -0.2) is 23.4 Å². The minimum absolute atomic E-state index is 0.181. The number of methoxy groups -OCH3 is 1. The number of pyridine rings is 1. The molecule has 0 saturated heterocycles. The summed E-state index contributed by atoms with van der Waals surface area (Å²) < 4.78 is 5.24. The number of nitrogens with zero attached hydrogens (tertiary/aromatic N) is 2. The number of carbonyl (C=O) groups excluding carboxylic acids is 1. The van der Waals surface area contributed by atoms with Crippen LogP contribution in [0.4, 0.5) is 0 Å². The highest BCUT2D eigenvalue weighted by Crippen LogP contribution is 2.24. The molecule has 0 bridgehead atoms. The molecule has 0 aromatic carbocycles. The topological polar surface area (TPSA) is 78.1 Å². The number of aromatic nitrogens is 2. The highest BCUT2D eigenvalue weighted by atomic mass is 35.5. The first-order valence-electron chi connectivity index (χ1n) is 5.07. The Bertz CT molecular complexity index is 525. The predicted octanol–water partition coefficient (Wildman–Crippen LogP) is 2.81. The van der Waals surface area contributed by atoms with Crippen LogP contribution in [0.1, 0.15) is 15.2 Å².